The Hall–Kier alpha value is -1.02. The minimum atomic E-state index is 0.945. The molecular weight excluding hydrogens is 222 g/mol. The molecule has 0 radical (unpaired) electrons. The van der Waals surface area contributed by atoms with Gasteiger partial charge in [-0.25, -0.2) is 0 Å². The average Bonchev–Trinajstić information content (AvgIpc) is 2.42. The number of aryl methyl sites for hydroxylation is 1. The summed E-state index contributed by atoms with van der Waals surface area (Å²) in [7, 11) is 1.71. The lowest BCUT2D eigenvalue weighted by Gasteiger charge is -2.04. The van der Waals surface area contributed by atoms with E-state index in [4.69, 9.17) is 4.74 Å². The van der Waals surface area contributed by atoms with Crippen molar-refractivity contribution >= 4 is 0 Å². The largest absolute Gasteiger partial charge is 0.497 e. The predicted octanol–water partition coefficient (Wildman–Crippen LogP) is 3.80. The van der Waals surface area contributed by atoms with Crippen LogP contribution in [0.5, 0.6) is 5.75 Å². The van der Waals surface area contributed by atoms with Gasteiger partial charge >= 0.3 is 0 Å². The van der Waals surface area contributed by atoms with Gasteiger partial charge in [0.05, 0.1) is 7.11 Å². The van der Waals surface area contributed by atoms with Gasteiger partial charge in [-0.05, 0) is 56.5 Å². The van der Waals surface area contributed by atoms with Crippen LogP contribution in [0.4, 0.5) is 0 Å². The molecule has 0 unspecified atom stereocenters. The van der Waals surface area contributed by atoms with Crippen molar-refractivity contribution in [3.05, 3.63) is 29.8 Å². The molecule has 0 amide bonds. The molecule has 0 saturated heterocycles. The number of rotatable bonds is 10. The standard InChI is InChI=1S/C16H27NO/c1-3-13-17-14-7-5-4-6-8-15-9-11-16(18-2)12-10-15/h9-12,17H,3-8,13-14H2,1-2H3. The first-order chi connectivity index (χ1) is 8.86. The highest BCUT2D eigenvalue weighted by atomic mass is 16.5. The van der Waals surface area contributed by atoms with Gasteiger partial charge in [0, 0.05) is 0 Å². The van der Waals surface area contributed by atoms with Crippen molar-refractivity contribution in [1.82, 2.24) is 5.32 Å². The Morgan fingerprint density at radius 3 is 2.33 bits per heavy atom. The zero-order chi connectivity index (χ0) is 13.1. The SMILES string of the molecule is CCCNCCCCCCc1ccc(OC)cc1. The minimum absolute atomic E-state index is 0.945. The van der Waals surface area contributed by atoms with E-state index in [0.717, 1.165) is 12.3 Å². The highest BCUT2D eigenvalue weighted by Crippen LogP contribution is 2.13. The Labute approximate surface area is 112 Å². The third kappa shape index (κ3) is 6.65. The molecule has 0 aliphatic rings. The van der Waals surface area contributed by atoms with E-state index in [1.165, 1.54) is 50.6 Å². The molecule has 2 nitrogen and oxygen atoms in total. The van der Waals surface area contributed by atoms with E-state index in [2.05, 4.69) is 24.4 Å². The van der Waals surface area contributed by atoms with E-state index >= 15 is 0 Å². The maximum atomic E-state index is 5.15. The van der Waals surface area contributed by atoms with Crippen LogP contribution in [0.1, 0.15) is 44.6 Å². The molecule has 0 saturated carbocycles. The molecule has 102 valence electrons. The second-order valence-corrected chi connectivity index (χ2v) is 4.76. The zero-order valence-corrected chi connectivity index (χ0v) is 11.9. The number of nitrogens with one attached hydrogen (secondary N) is 1. The zero-order valence-electron chi connectivity index (χ0n) is 11.9. The van der Waals surface area contributed by atoms with Gasteiger partial charge < -0.3 is 10.1 Å². The van der Waals surface area contributed by atoms with Crippen LogP contribution in [0, 0.1) is 0 Å². The maximum absolute atomic E-state index is 5.15. The van der Waals surface area contributed by atoms with Crippen LogP contribution in [-0.2, 0) is 6.42 Å². The summed E-state index contributed by atoms with van der Waals surface area (Å²) < 4.78 is 5.15. The smallest absolute Gasteiger partial charge is 0.118 e. The van der Waals surface area contributed by atoms with Crippen molar-refractivity contribution < 1.29 is 4.74 Å². The second kappa shape index (κ2) is 9.95. The topological polar surface area (TPSA) is 21.3 Å². The summed E-state index contributed by atoms with van der Waals surface area (Å²) in [6.07, 6.45) is 7.69. The Balaban J connectivity index is 2.00. The lowest BCUT2D eigenvalue weighted by Crippen LogP contribution is -2.15. The highest BCUT2D eigenvalue weighted by Gasteiger charge is 1.95. The molecule has 0 aromatic heterocycles. The van der Waals surface area contributed by atoms with Crippen LogP contribution < -0.4 is 10.1 Å². The van der Waals surface area contributed by atoms with Crippen molar-refractivity contribution in [2.75, 3.05) is 20.2 Å². The molecule has 0 aliphatic heterocycles. The van der Waals surface area contributed by atoms with E-state index in [0.29, 0.717) is 0 Å². The first kappa shape index (κ1) is 15.0. The molecule has 0 aliphatic carbocycles. The molecule has 0 bridgehead atoms. The summed E-state index contributed by atoms with van der Waals surface area (Å²) in [6, 6.07) is 8.43. The average molecular weight is 249 g/mol. The van der Waals surface area contributed by atoms with Gasteiger partial charge in [0.25, 0.3) is 0 Å². The molecule has 1 N–H and O–H groups in total. The summed E-state index contributed by atoms with van der Waals surface area (Å²) in [5, 5.41) is 3.44. The Bertz CT molecular complexity index is 294. The van der Waals surface area contributed by atoms with Crippen molar-refractivity contribution in [1.29, 1.82) is 0 Å². The van der Waals surface area contributed by atoms with Crippen molar-refractivity contribution in [2.24, 2.45) is 0 Å². The van der Waals surface area contributed by atoms with Crippen molar-refractivity contribution in [2.45, 2.75) is 45.4 Å². The van der Waals surface area contributed by atoms with Gasteiger partial charge in [0.2, 0.25) is 0 Å². The monoisotopic (exact) mass is 249 g/mol. The number of benzene rings is 1. The maximum Gasteiger partial charge on any atom is 0.118 e. The molecule has 2 heteroatoms. The second-order valence-electron chi connectivity index (χ2n) is 4.76. The van der Waals surface area contributed by atoms with Crippen molar-refractivity contribution in [3.8, 4) is 5.75 Å². The van der Waals surface area contributed by atoms with E-state index in [9.17, 15) is 0 Å². The predicted molar refractivity (Wildman–Crippen MR) is 78.3 cm³/mol. The third-order valence-corrected chi connectivity index (χ3v) is 3.15. The summed E-state index contributed by atoms with van der Waals surface area (Å²) in [5.41, 5.74) is 1.42. The minimum Gasteiger partial charge on any atom is -0.497 e. The Kier molecular flexibility index (Phi) is 8.32. The first-order valence-corrected chi connectivity index (χ1v) is 7.20. The van der Waals surface area contributed by atoms with Crippen LogP contribution in [-0.4, -0.2) is 20.2 Å². The van der Waals surface area contributed by atoms with Crippen LogP contribution in [0.25, 0.3) is 0 Å². The van der Waals surface area contributed by atoms with E-state index in [1.54, 1.807) is 7.11 Å². The van der Waals surface area contributed by atoms with Gasteiger partial charge in [0.15, 0.2) is 0 Å². The van der Waals surface area contributed by atoms with Gasteiger partial charge in [-0.2, -0.15) is 0 Å². The fraction of sp³-hybridized carbons (Fsp3) is 0.625. The third-order valence-electron chi connectivity index (χ3n) is 3.15. The molecule has 0 atom stereocenters. The molecule has 0 fully saturated rings. The number of hydrogen-bond acceptors (Lipinski definition) is 2. The highest BCUT2D eigenvalue weighted by molar-refractivity contribution is 5.27. The van der Waals surface area contributed by atoms with E-state index in [1.807, 2.05) is 12.1 Å². The molecule has 1 aromatic carbocycles. The summed E-state index contributed by atoms with van der Waals surface area (Å²) in [6.45, 7) is 4.55. The molecule has 0 heterocycles. The Morgan fingerprint density at radius 2 is 1.67 bits per heavy atom. The number of ether oxygens (including phenoxy) is 1. The van der Waals surface area contributed by atoms with Gasteiger partial charge in [-0.15, -0.1) is 0 Å². The Morgan fingerprint density at radius 1 is 0.944 bits per heavy atom. The normalized spacial score (nSPS) is 10.6. The number of unbranched alkanes of at least 4 members (excludes halogenated alkanes) is 3. The van der Waals surface area contributed by atoms with Crippen LogP contribution in [0.2, 0.25) is 0 Å². The van der Waals surface area contributed by atoms with Crippen molar-refractivity contribution in [3.63, 3.8) is 0 Å². The number of hydrogen-bond donors (Lipinski definition) is 1. The molecule has 0 spiro atoms. The van der Waals surface area contributed by atoms with Crippen LogP contribution >= 0.6 is 0 Å². The fourth-order valence-corrected chi connectivity index (χ4v) is 2.03. The van der Waals surface area contributed by atoms with Crippen LogP contribution in [0.15, 0.2) is 24.3 Å². The molecular formula is C16H27NO. The summed E-state index contributed by atoms with van der Waals surface area (Å²) >= 11 is 0. The van der Waals surface area contributed by atoms with Gasteiger partial charge in [-0.3, -0.25) is 0 Å². The molecule has 18 heavy (non-hydrogen) atoms. The quantitative estimate of drug-likeness (QED) is 0.637. The van der Waals surface area contributed by atoms with E-state index in [-0.39, 0.29) is 0 Å². The summed E-state index contributed by atoms with van der Waals surface area (Å²) in [5.74, 6) is 0.945. The lowest BCUT2D eigenvalue weighted by molar-refractivity contribution is 0.414. The lowest BCUT2D eigenvalue weighted by atomic mass is 10.1. The molecule has 1 rings (SSSR count). The fourth-order valence-electron chi connectivity index (χ4n) is 2.03. The van der Waals surface area contributed by atoms with Crippen LogP contribution in [0.3, 0.4) is 0 Å². The molecule has 1 aromatic rings. The number of methoxy groups -OCH3 is 1. The summed E-state index contributed by atoms with van der Waals surface area (Å²) in [4.78, 5) is 0. The van der Waals surface area contributed by atoms with Gasteiger partial charge in [-0.1, -0.05) is 31.9 Å². The van der Waals surface area contributed by atoms with E-state index < -0.39 is 0 Å². The first-order valence-electron chi connectivity index (χ1n) is 7.20. The van der Waals surface area contributed by atoms with Gasteiger partial charge in [0.1, 0.15) is 5.75 Å².